The molecule has 0 aliphatic heterocycles. The fourth-order valence-corrected chi connectivity index (χ4v) is 2.30. The van der Waals surface area contributed by atoms with Crippen molar-refractivity contribution in [2.45, 2.75) is 45.3 Å². The molecule has 1 aromatic rings. The zero-order valence-corrected chi connectivity index (χ0v) is 10.9. The molecule has 0 spiro atoms. The van der Waals surface area contributed by atoms with Gasteiger partial charge in [-0.2, -0.15) is 5.26 Å². The SMILES string of the molecule is CC(C)Oc1ncccc1NC1CCCC1C#N. The lowest BCUT2D eigenvalue weighted by atomic mass is 10.1. The van der Waals surface area contributed by atoms with E-state index in [9.17, 15) is 0 Å². The highest BCUT2D eigenvalue weighted by Gasteiger charge is 2.27. The second-order valence-electron chi connectivity index (χ2n) is 4.94. The maximum Gasteiger partial charge on any atom is 0.237 e. The van der Waals surface area contributed by atoms with E-state index in [1.54, 1.807) is 6.20 Å². The van der Waals surface area contributed by atoms with Crippen LogP contribution in [-0.2, 0) is 0 Å². The van der Waals surface area contributed by atoms with Gasteiger partial charge in [-0.25, -0.2) is 4.98 Å². The smallest absolute Gasteiger partial charge is 0.237 e. The fraction of sp³-hybridized carbons (Fsp3) is 0.571. The highest BCUT2D eigenvalue weighted by atomic mass is 16.5. The predicted molar refractivity (Wildman–Crippen MR) is 70.4 cm³/mol. The van der Waals surface area contributed by atoms with Gasteiger partial charge in [-0.05, 0) is 45.2 Å². The van der Waals surface area contributed by atoms with Crippen molar-refractivity contribution in [3.05, 3.63) is 18.3 Å². The molecule has 0 amide bonds. The lowest BCUT2D eigenvalue weighted by molar-refractivity contribution is 0.234. The Hall–Kier alpha value is -1.76. The molecule has 1 aliphatic carbocycles. The lowest BCUT2D eigenvalue weighted by Crippen LogP contribution is -2.23. The Bertz CT molecular complexity index is 439. The Labute approximate surface area is 108 Å². The molecule has 1 saturated carbocycles. The van der Waals surface area contributed by atoms with Gasteiger partial charge in [0.05, 0.1) is 23.8 Å². The molecule has 18 heavy (non-hydrogen) atoms. The van der Waals surface area contributed by atoms with Gasteiger partial charge in [0.1, 0.15) is 0 Å². The van der Waals surface area contributed by atoms with Crippen molar-refractivity contribution in [3.8, 4) is 11.9 Å². The molecule has 1 fully saturated rings. The molecule has 1 N–H and O–H groups in total. The first kappa shape index (κ1) is 12.7. The monoisotopic (exact) mass is 245 g/mol. The molecular formula is C14H19N3O. The number of pyridine rings is 1. The van der Waals surface area contributed by atoms with Crippen LogP contribution in [0.3, 0.4) is 0 Å². The summed E-state index contributed by atoms with van der Waals surface area (Å²) < 4.78 is 5.67. The zero-order valence-electron chi connectivity index (χ0n) is 10.9. The molecule has 2 rings (SSSR count). The van der Waals surface area contributed by atoms with Crippen LogP contribution >= 0.6 is 0 Å². The van der Waals surface area contributed by atoms with E-state index in [1.807, 2.05) is 26.0 Å². The molecule has 2 atom stereocenters. The summed E-state index contributed by atoms with van der Waals surface area (Å²) in [6.45, 7) is 3.96. The van der Waals surface area contributed by atoms with Crippen LogP contribution in [0, 0.1) is 17.2 Å². The highest BCUT2D eigenvalue weighted by molar-refractivity contribution is 5.53. The normalized spacial score (nSPS) is 22.8. The van der Waals surface area contributed by atoms with Crippen LogP contribution in [0.5, 0.6) is 5.88 Å². The Kier molecular flexibility index (Phi) is 4.03. The maximum atomic E-state index is 9.09. The topological polar surface area (TPSA) is 57.9 Å². The molecule has 0 saturated heterocycles. The fourth-order valence-electron chi connectivity index (χ4n) is 2.30. The second kappa shape index (κ2) is 5.72. The summed E-state index contributed by atoms with van der Waals surface area (Å²) >= 11 is 0. The average molecular weight is 245 g/mol. The summed E-state index contributed by atoms with van der Waals surface area (Å²) in [5, 5.41) is 12.5. The van der Waals surface area contributed by atoms with E-state index in [2.05, 4.69) is 16.4 Å². The number of anilines is 1. The van der Waals surface area contributed by atoms with Crippen molar-refractivity contribution in [2.24, 2.45) is 5.92 Å². The number of aromatic nitrogens is 1. The molecule has 2 unspecified atom stereocenters. The van der Waals surface area contributed by atoms with Crippen molar-refractivity contribution >= 4 is 5.69 Å². The van der Waals surface area contributed by atoms with Crippen LogP contribution in [0.4, 0.5) is 5.69 Å². The first-order chi connectivity index (χ1) is 8.70. The van der Waals surface area contributed by atoms with Gasteiger partial charge in [0, 0.05) is 12.2 Å². The van der Waals surface area contributed by atoms with Gasteiger partial charge in [0.25, 0.3) is 0 Å². The van der Waals surface area contributed by atoms with Gasteiger partial charge in [-0.1, -0.05) is 0 Å². The number of ether oxygens (including phenoxy) is 1. The lowest BCUT2D eigenvalue weighted by Gasteiger charge is -2.19. The Morgan fingerprint density at radius 2 is 2.33 bits per heavy atom. The molecule has 1 aliphatic rings. The van der Waals surface area contributed by atoms with Gasteiger partial charge in [-0.3, -0.25) is 0 Å². The molecule has 0 bridgehead atoms. The molecule has 0 aromatic carbocycles. The summed E-state index contributed by atoms with van der Waals surface area (Å²) in [5.41, 5.74) is 0.887. The summed E-state index contributed by atoms with van der Waals surface area (Å²) in [7, 11) is 0. The van der Waals surface area contributed by atoms with Gasteiger partial charge < -0.3 is 10.1 Å². The van der Waals surface area contributed by atoms with E-state index in [0.29, 0.717) is 5.88 Å². The Morgan fingerprint density at radius 1 is 1.50 bits per heavy atom. The first-order valence-electron chi connectivity index (χ1n) is 6.48. The van der Waals surface area contributed by atoms with Crippen molar-refractivity contribution in [3.63, 3.8) is 0 Å². The number of nitrogens with zero attached hydrogens (tertiary/aromatic N) is 2. The van der Waals surface area contributed by atoms with E-state index in [1.165, 1.54) is 0 Å². The molecule has 0 radical (unpaired) electrons. The summed E-state index contributed by atoms with van der Waals surface area (Å²) in [4.78, 5) is 4.24. The van der Waals surface area contributed by atoms with Crippen molar-refractivity contribution in [1.29, 1.82) is 5.26 Å². The van der Waals surface area contributed by atoms with Gasteiger partial charge in [0.2, 0.25) is 5.88 Å². The van der Waals surface area contributed by atoms with Crippen molar-refractivity contribution in [2.75, 3.05) is 5.32 Å². The van der Waals surface area contributed by atoms with Crippen LogP contribution in [0.25, 0.3) is 0 Å². The number of hydrogen-bond acceptors (Lipinski definition) is 4. The first-order valence-corrected chi connectivity index (χ1v) is 6.48. The number of nitrogens with one attached hydrogen (secondary N) is 1. The average Bonchev–Trinajstić information content (AvgIpc) is 2.78. The molecular weight excluding hydrogens is 226 g/mol. The third kappa shape index (κ3) is 2.92. The van der Waals surface area contributed by atoms with E-state index in [0.717, 1.165) is 24.9 Å². The molecule has 4 heteroatoms. The summed E-state index contributed by atoms with van der Waals surface area (Å²) in [5.74, 6) is 0.716. The minimum atomic E-state index is 0.0933. The van der Waals surface area contributed by atoms with Crippen LogP contribution in [0.15, 0.2) is 18.3 Å². The third-order valence-corrected chi connectivity index (χ3v) is 3.14. The minimum absolute atomic E-state index is 0.0933. The van der Waals surface area contributed by atoms with E-state index >= 15 is 0 Å². The highest BCUT2D eigenvalue weighted by Crippen LogP contribution is 2.31. The molecule has 96 valence electrons. The van der Waals surface area contributed by atoms with E-state index in [4.69, 9.17) is 10.00 Å². The predicted octanol–water partition coefficient (Wildman–Crippen LogP) is 2.97. The van der Waals surface area contributed by atoms with Gasteiger partial charge in [-0.15, -0.1) is 0 Å². The van der Waals surface area contributed by atoms with Crippen LogP contribution in [0.1, 0.15) is 33.1 Å². The largest absolute Gasteiger partial charge is 0.473 e. The van der Waals surface area contributed by atoms with E-state index in [-0.39, 0.29) is 18.1 Å². The van der Waals surface area contributed by atoms with Crippen molar-refractivity contribution < 1.29 is 4.74 Å². The third-order valence-electron chi connectivity index (χ3n) is 3.14. The number of rotatable bonds is 4. The summed E-state index contributed by atoms with van der Waals surface area (Å²) in [6, 6.07) is 6.42. The molecule has 1 heterocycles. The Balaban J connectivity index is 2.11. The standard InChI is InChI=1S/C14H19N3O/c1-10(2)18-14-13(7-4-8-16-14)17-12-6-3-5-11(12)9-15/h4,7-8,10-12,17H,3,5-6H2,1-2H3. The number of hydrogen-bond donors (Lipinski definition) is 1. The van der Waals surface area contributed by atoms with E-state index < -0.39 is 0 Å². The molecule has 1 aromatic heterocycles. The van der Waals surface area contributed by atoms with Gasteiger partial charge in [0.15, 0.2) is 0 Å². The molecule has 4 nitrogen and oxygen atoms in total. The minimum Gasteiger partial charge on any atom is -0.473 e. The van der Waals surface area contributed by atoms with Crippen LogP contribution < -0.4 is 10.1 Å². The maximum absolute atomic E-state index is 9.09. The quantitative estimate of drug-likeness (QED) is 0.886. The van der Waals surface area contributed by atoms with Crippen LogP contribution in [0.2, 0.25) is 0 Å². The Morgan fingerprint density at radius 3 is 3.06 bits per heavy atom. The van der Waals surface area contributed by atoms with Crippen LogP contribution in [-0.4, -0.2) is 17.1 Å². The number of nitriles is 1. The zero-order chi connectivity index (χ0) is 13.0. The summed E-state index contributed by atoms with van der Waals surface area (Å²) in [6.07, 6.45) is 4.94. The van der Waals surface area contributed by atoms with Gasteiger partial charge >= 0.3 is 0 Å². The second-order valence-corrected chi connectivity index (χ2v) is 4.94. The van der Waals surface area contributed by atoms with Crippen molar-refractivity contribution in [1.82, 2.24) is 4.98 Å².